The van der Waals surface area contributed by atoms with Gasteiger partial charge in [-0.15, -0.1) is 0 Å². The molecule has 2 fully saturated rings. The van der Waals surface area contributed by atoms with Crippen LogP contribution in [0.5, 0.6) is 11.5 Å². The molecule has 3 heterocycles. The molecule has 2 aliphatic heterocycles. The predicted molar refractivity (Wildman–Crippen MR) is 128 cm³/mol. The molecule has 2 unspecified atom stereocenters. The SMILES string of the molecule is COc1cc(OC)cc(N2C(=N)C(c3nc4ccccc4[nH]3)C(=O)C23CCCN(C(C)=O)C3)c1. The van der Waals surface area contributed by atoms with E-state index in [1.807, 2.05) is 24.3 Å². The number of ketones is 1. The fourth-order valence-electron chi connectivity index (χ4n) is 5.22. The molecular formula is C25H27N5O4. The Morgan fingerprint density at radius 2 is 1.88 bits per heavy atom. The first-order valence-corrected chi connectivity index (χ1v) is 11.2. The third-order valence-corrected chi connectivity index (χ3v) is 6.85. The number of hydrogen-bond acceptors (Lipinski definition) is 6. The third-order valence-electron chi connectivity index (χ3n) is 6.85. The van der Waals surface area contributed by atoms with Crippen LogP contribution in [0.4, 0.5) is 5.69 Å². The molecule has 1 spiro atoms. The first-order valence-electron chi connectivity index (χ1n) is 11.2. The highest BCUT2D eigenvalue weighted by Gasteiger charge is 2.60. The highest BCUT2D eigenvalue weighted by atomic mass is 16.5. The molecule has 9 heteroatoms. The number of aromatic amines is 1. The molecule has 0 saturated carbocycles. The molecule has 5 rings (SSSR count). The summed E-state index contributed by atoms with van der Waals surface area (Å²) in [5, 5.41) is 9.19. The van der Waals surface area contributed by atoms with E-state index in [0.717, 1.165) is 11.0 Å². The van der Waals surface area contributed by atoms with Crippen molar-refractivity contribution in [2.75, 3.05) is 32.2 Å². The van der Waals surface area contributed by atoms with Crippen molar-refractivity contribution in [3.63, 3.8) is 0 Å². The molecule has 2 aliphatic rings. The summed E-state index contributed by atoms with van der Waals surface area (Å²) in [6.07, 6.45) is 1.18. The van der Waals surface area contributed by atoms with Crippen LogP contribution in [0.2, 0.25) is 0 Å². The number of fused-ring (bicyclic) bond motifs is 1. The second-order valence-corrected chi connectivity index (χ2v) is 8.80. The van der Waals surface area contributed by atoms with Gasteiger partial charge in [0.05, 0.1) is 37.5 Å². The number of amidine groups is 1. The quantitative estimate of drug-likeness (QED) is 0.618. The Bertz CT molecular complexity index is 1250. The van der Waals surface area contributed by atoms with Crippen molar-refractivity contribution < 1.29 is 19.1 Å². The average molecular weight is 462 g/mol. The molecule has 2 atom stereocenters. The van der Waals surface area contributed by atoms with Gasteiger partial charge in [0.2, 0.25) is 5.91 Å². The minimum absolute atomic E-state index is 0.0891. The van der Waals surface area contributed by atoms with Crippen LogP contribution in [-0.2, 0) is 9.59 Å². The van der Waals surface area contributed by atoms with Crippen LogP contribution in [0.25, 0.3) is 11.0 Å². The number of nitrogens with one attached hydrogen (secondary N) is 2. The van der Waals surface area contributed by atoms with Crippen LogP contribution in [-0.4, -0.2) is 65.2 Å². The molecule has 0 aliphatic carbocycles. The molecule has 0 radical (unpaired) electrons. The van der Waals surface area contributed by atoms with Crippen LogP contribution in [0.15, 0.2) is 42.5 Å². The molecule has 9 nitrogen and oxygen atoms in total. The van der Waals surface area contributed by atoms with Gasteiger partial charge in [0.1, 0.15) is 34.6 Å². The maximum atomic E-state index is 14.2. The van der Waals surface area contributed by atoms with Crippen LogP contribution >= 0.6 is 0 Å². The number of para-hydroxylation sites is 2. The van der Waals surface area contributed by atoms with E-state index in [1.54, 1.807) is 42.2 Å². The fraction of sp³-hybridized carbons (Fsp3) is 0.360. The van der Waals surface area contributed by atoms with Crippen molar-refractivity contribution in [3.05, 3.63) is 48.3 Å². The van der Waals surface area contributed by atoms with Crippen molar-refractivity contribution in [2.24, 2.45) is 0 Å². The maximum Gasteiger partial charge on any atom is 0.219 e. The number of rotatable bonds is 4. The zero-order chi connectivity index (χ0) is 24.0. The number of anilines is 1. The van der Waals surface area contributed by atoms with Crippen LogP contribution in [0.3, 0.4) is 0 Å². The molecule has 2 aromatic carbocycles. The number of carbonyl (C=O) groups excluding carboxylic acids is 2. The van der Waals surface area contributed by atoms with Gasteiger partial charge in [0.15, 0.2) is 5.78 Å². The Morgan fingerprint density at radius 1 is 1.18 bits per heavy atom. The Hall–Kier alpha value is -3.88. The van der Waals surface area contributed by atoms with Gasteiger partial charge in [-0.2, -0.15) is 0 Å². The summed E-state index contributed by atoms with van der Waals surface area (Å²) in [6.45, 7) is 2.31. The van der Waals surface area contributed by atoms with Crippen molar-refractivity contribution in [3.8, 4) is 11.5 Å². The second-order valence-electron chi connectivity index (χ2n) is 8.80. The lowest BCUT2D eigenvalue weighted by Gasteiger charge is -2.44. The number of hydrogen-bond donors (Lipinski definition) is 2. The number of Topliss-reactive ketones (excluding diaryl/α,β-unsaturated/α-hetero) is 1. The van der Waals surface area contributed by atoms with Crippen LogP contribution < -0.4 is 14.4 Å². The number of imidazole rings is 1. The zero-order valence-electron chi connectivity index (χ0n) is 19.4. The average Bonchev–Trinajstić information content (AvgIpc) is 3.35. The number of benzene rings is 2. The molecule has 2 saturated heterocycles. The van der Waals surface area contributed by atoms with Gasteiger partial charge in [-0.1, -0.05) is 12.1 Å². The number of ether oxygens (including phenoxy) is 2. The monoisotopic (exact) mass is 461 g/mol. The molecule has 2 N–H and O–H groups in total. The molecule has 34 heavy (non-hydrogen) atoms. The van der Waals surface area contributed by atoms with E-state index >= 15 is 0 Å². The fourth-order valence-corrected chi connectivity index (χ4v) is 5.22. The Morgan fingerprint density at radius 3 is 2.53 bits per heavy atom. The molecule has 1 amide bonds. The van der Waals surface area contributed by atoms with E-state index < -0.39 is 11.5 Å². The highest BCUT2D eigenvalue weighted by Crippen LogP contribution is 2.46. The van der Waals surface area contributed by atoms with Gasteiger partial charge >= 0.3 is 0 Å². The summed E-state index contributed by atoms with van der Waals surface area (Å²) in [6, 6.07) is 12.9. The van der Waals surface area contributed by atoms with Crippen molar-refractivity contribution >= 4 is 34.2 Å². The number of amides is 1. The summed E-state index contributed by atoms with van der Waals surface area (Å²) in [7, 11) is 3.12. The summed E-state index contributed by atoms with van der Waals surface area (Å²) < 4.78 is 10.9. The lowest BCUT2D eigenvalue weighted by Crippen LogP contribution is -2.61. The van der Waals surface area contributed by atoms with Crippen LogP contribution in [0.1, 0.15) is 31.5 Å². The normalized spacial score (nSPS) is 22.6. The van der Waals surface area contributed by atoms with E-state index in [0.29, 0.717) is 42.4 Å². The zero-order valence-corrected chi connectivity index (χ0v) is 19.4. The lowest BCUT2D eigenvalue weighted by molar-refractivity contribution is -0.133. The topological polar surface area (TPSA) is 112 Å². The largest absolute Gasteiger partial charge is 0.497 e. The standard InChI is InChI=1S/C25H27N5O4/c1-15(31)29-10-6-9-25(14-29)22(32)21(24-27-19-7-4-5-8-20(19)28-24)23(26)30(25)16-11-17(33-2)13-18(12-16)34-3/h4-5,7-8,11-13,21,26H,6,9-10,14H2,1-3H3,(H,27,28). The Balaban J connectivity index is 1.68. The first-order chi connectivity index (χ1) is 16.4. The molecular weight excluding hydrogens is 434 g/mol. The number of piperidine rings is 1. The van der Waals surface area contributed by atoms with E-state index in [-0.39, 0.29) is 24.1 Å². The highest BCUT2D eigenvalue weighted by molar-refractivity contribution is 6.26. The van der Waals surface area contributed by atoms with Gasteiger partial charge < -0.3 is 24.3 Å². The lowest BCUT2D eigenvalue weighted by atomic mass is 9.82. The maximum absolute atomic E-state index is 14.2. The predicted octanol–water partition coefficient (Wildman–Crippen LogP) is 3.11. The van der Waals surface area contributed by atoms with E-state index in [4.69, 9.17) is 9.47 Å². The number of likely N-dealkylation sites (tertiary alicyclic amines) is 1. The van der Waals surface area contributed by atoms with E-state index in [2.05, 4.69) is 9.97 Å². The van der Waals surface area contributed by atoms with Gasteiger partial charge in [-0.25, -0.2) is 4.98 Å². The molecule has 3 aromatic rings. The van der Waals surface area contributed by atoms with E-state index in [9.17, 15) is 15.0 Å². The Kier molecular flexibility index (Phi) is 5.27. The minimum atomic E-state index is -1.08. The summed E-state index contributed by atoms with van der Waals surface area (Å²) in [5.74, 6) is 0.555. The first kappa shape index (κ1) is 21.9. The van der Waals surface area contributed by atoms with Gasteiger partial charge in [-0.3, -0.25) is 15.0 Å². The molecule has 0 bridgehead atoms. The van der Waals surface area contributed by atoms with Crippen molar-refractivity contribution in [1.82, 2.24) is 14.9 Å². The van der Waals surface area contributed by atoms with Gasteiger partial charge in [0.25, 0.3) is 0 Å². The van der Waals surface area contributed by atoms with Crippen molar-refractivity contribution in [2.45, 2.75) is 31.2 Å². The Labute approximate surface area is 197 Å². The van der Waals surface area contributed by atoms with E-state index in [1.165, 1.54) is 6.92 Å². The number of H-pyrrole nitrogens is 1. The second kappa shape index (κ2) is 8.16. The number of carbonyl (C=O) groups is 2. The minimum Gasteiger partial charge on any atom is -0.497 e. The number of aromatic nitrogens is 2. The van der Waals surface area contributed by atoms with Crippen LogP contribution in [0, 0.1) is 5.41 Å². The summed E-state index contributed by atoms with van der Waals surface area (Å²) in [5.41, 5.74) is 1.08. The third kappa shape index (κ3) is 3.30. The molecule has 176 valence electrons. The van der Waals surface area contributed by atoms with Crippen molar-refractivity contribution in [1.29, 1.82) is 5.41 Å². The summed E-state index contributed by atoms with van der Waals surface area (Å²) >= 11 is 0. The summed E-state index contributed by atoms with van der Waals surface area (Å²) in [4.78, 5) is 37.9. The van der Waals surface area contributed by atoms with Gasteiger partial charge in [-0.05, 0) is 25.0 Å². The molecule has 1 aromatic heterocycles. The number of methoxy groups -OCH3 is 2. The van der Waals surface area contributed by atoms with Gasteiger partial charge in [0, 0.05) is 31.7 Å². The number of nitrogens with zero attached hydrogens (tertiary/aromatic N) is 3. The smallest absolute Gasteiger partial charge is 0.219 e.